The minimum atomic E-state index is 0.478. The van der Waals surface area contributed by atoms with Crippen LogP contribution in [0.1, 0.15) is 33.3 Å². The van der Waals surface area contributed by atoms with Crippen LogP contribution in [0.15, 0.2) is 32.7 Å². The molecule has 0 spiro atoms. The van der Waals surface area contributed by atoms with E-state index in [1.54, 1.807) is 0 Å². The summed E-state index contributed by atoms with van der Waals surface area (Å²) in [5.41, 5.74) is 2.48. The zero-order valence-electron chi connectivity index (χ0n) is 11.9. The van der Waals surface area contributed by atoms with Gasteiger partial charge in [-0.25, -0.2) is 0 Å². The smallest absolute Gasteiger partial charge is 0.148 e. The first-order chi connectivity index (χ1) is 8.90. The average Bonchev–Trinajstić information content (AvgIpc) is 2.29. The van der Waals surface area contributed by atoms with Crippen LogP contribution < -0.4 is 10.1 Å². The van der Waals surface area contributed by atoms with E-state index in [0.717, 1.165) is 21.2 Å². The Bertz CT molecular complexity index is 428. The van der Waals surface area contributed by atoms with Crippen LogP contribution in [-0.4, -0.2) is 12.6 Å². The fourth-order valence-corrected chi connectivity index (χ4v) is 2.98. The summed E-state index contributed by atoms with van der Waals surface area (Å²) in [7, 11) is 0. The van der Waals surface area contributed by atoms with Crippen LogP contribution in [0.25, 0.3) is 0 Å². The minimum Gasteiger partial charge on any atom is -0.487 e. The molecule has 0 bridgehead atoms. The normalized spacial score (nSPS) is 10.7. The highest BCUT2D eigenvalue weighted by molar-refractivity contribution is 9.11. The van der Waals surface area contributed by atoms with Crippen molar-refractivity contribution in [2.24, 2.45) is 0 Å². The second-order valence-electron chi connectivity index (χ2n) is 5.02. The van der Waals surface area contributed by atoms with Gasteiger partial charge in [-0.1, -0.05) is 19.4 Å². The molecule has 106 valence electrons. The van der Waals surface area contributed by atoms with Gasteiger partial charge in [-0.15, -0.1) is 0 Å². The Balaban J connectivity index is 2.76. The Morgan fingerprint density at radius 1 is 1.26 bits per heavy atom. The summed E-state index contributed by atoms with van der Waals surface area (Å²) in [6, 6.07) is 4.67. The lowest BCUT2D eigenvalue weighted by Crippen LogP contribution is -2.21. The van der Waals surface area contributed by atoms with E-state index < -0.39 is 0 Å². The summed E-state index contributed by atoms with van der Waals surface area (Å²) < 4.78 is 7.72. The summed E-state index contributed by atoms with van der Waals surface area (Å²) in [6.45, 7) is 9.84. The van der Waals surface area contributed by atoms with Gasteiger partial charge < -0.3 is 10.1 Å². The standard InChI is InChI=1S/C15H21Br2NO/c1-10(2)5-6-19-15-13(16)7-12(8-14(15)17)9-18-11(3)4/h5,7-8,11,18H,6,9H2,1-4H3. The van der Waals surface area contributed by atoms with Gasteiger partial charge in [0.2, 0.25) is 0 Å². The van der Waals surface area contributed by atoms with Crippen LogP contribution >= 0.6 is 31.9 Å². The van der Waals surface area contributed by atoms with E-state index in [1.807, 2.05) is 0 Å². The maximum absolute atomic E-state index is 5.77. The lowest BCUT2D eigenvalue weighted by molar-refractivity contribution is 0.357. The minimum absolute atomic E-state index is 0.478. The van der Waals surface area contributed by atoms with Gasteiger partial charge in [0.25, 0.3) is 0 Å². The molecular formula is C15H21Br2NO. The van der Waals surface area contributed by atoms with Crippen molar-refractivity contribution >= 4 is 31.9 Å². The average molecular weight is 391 g/mol. The van der Waals surface area contributed by atoms with E-state index in [9.17, 15) is 0 Å². The topological polar surface area (TPSA) is 21.3 Å². The van der Waals surface area contributed by atoms with E-state index in [0.29, 0.717) is 12.6 Å². The Kier molecular flexibility index (Phi) is 7.11. The molecule has 1 rings (SSSR count). The molecular weight excluding hydrogens is 370 g/mol. The Hall–Kier alpha value is -0.320. The molecule has 0 aliphatic rings. The van der Waals surface area contributed by atoms with Gasteiger partial charge in [0.15, 0.2) is 0 Å². The number of hydrogen-bond donors (Lipinski definition) is 1. The zero-order chi connectivity index (χ0) is 14.4. The van der Waals surface area contributed by atoms with Gasteiger partial charge in [-0.3, -0.25) is 0 Å². The lowest BCUT2D eigenvalue weighted by atomic mass is 10.2. The molecule has 0 unspecified atom stereocenters. The summed E-state index contributed by atoms with van der Waals surface area (Å²) in [5.74, 6) is 0.853. The zero-order valence-corrected chi connectivity index (χ0v) is 15.1. The fourth-order valence-electron chi connectivity index (χ4n) is 1.47. The van der Waals surface area contributed by atoms with Crippen LogP contribution in [-0.2, 0) is 6.54 Å². The van der Waals surface area contributed by atoms with E-state index in [4.69, 9.17) is 4.74 Å². The maximum Gasteiger partial charge on any atom is 0.148 e. The van der Waals surface area contributed by atoms with Crippen LogP contribution in [0.5, 0.6) is 5.75 Å². The van der Waals surface area contributed by atoms with Crippen molar-refractivity contribution in [3.05, 3.63) is 38.3 Å². The molecule has 2 nitrogen and oxygen atoms in total. The van der Waals surface area contributed by atoms with Crippen LogP contribution in [0.4, 0.5) is 0 Å². The molecule has 1 aromatic carbocycles. The number of allylic oxidation sites excluding steroid dienone is 1. The molecule has 1 aromatic rings. The summed E-state index contributed by atoms with van der Waals surface area (Å²) >= 11 is 7.14. The van der Waals surface area contributed by atoms with Crippen LogP contribution in [0, 0.1) is 0 Å². The first-order valence-corrected chi connectivity index (χ1v) is 7.96. The third-order valence-electron chi connectivity index (χ3n) is 2.49. The number of rotatable bonds is 6. The second kappa shape index (κ2) is 8.08. The molecule has 0 aliphatic carbocycles. The van der Waals surface area contributed by atoms with E-state index in [1.165, 1.54) is 11.1 Å². The molecule has 0 aliphatic heterocycles. The van der Waals surface area contributed by atoms with Crippen molar-refractivity contribution in [1.82, 2.24) is 5.32 Å². The SMILES string of the molecule is CC(C)=CCOc1c(Br)cc(CNC(C)C)cc1Br. The molecule has 0 heterocycles. The van der Waals surface area contributed by atoms with Crippen molar-refractivity contribution in [3.63, 3.8) is 0 Å². The van der Waals surface area contributed by atoms with Crippen molar-refractivity contribution in [2.45, 2.75) is 40.3 Å². The third kappa shape index (κ3) is 6.11. The number of halogens is 2. The number of nitrogens with one attached hydrogen (secondary N) is 1. The molecule has 0 amide bonds. The monoisotopic (exact) mass is 389 g/mol. The van der Waals surface area contributed by atoms with Crippen LogP contribution in [0.2, 0.25) is 0 Å². The second-order valence-corrected chi connectivity index (χ2v) is 6.73. The van der Waals surface area contributed by atoms with E-state index in [-0.39, 0.29) is 0 Å². The van der Waals surface area contributed by atoms with Gasteiger partial charge >= 0.3 is 0 Å². The lowest BCUT2D eigenvalue weighted by Gasteiger charge is -2.13. The quantitative estimate of drug-likeness (QED) is 0.685. The summed E-state index contributed by atoms with van der Waals surface area (Å²) in [5, 5.41) is 3.40. The number of hydrogen-bond acceptors (Lipinski definition) is 2. The maximum atomic E-state index is 5.77. The Labute approximate surface area is 132 Å². The highest BCUT2D eigenvalue weighted by Crippen LogP contribution is 2.34. The van der Waals surface area contributed by atoms with Gasteiger partial charge in [0, 0.05) is 12.6 Å². The van der Waals surface area contributed by atoms with Crippen molar-refractivity contribution in [3.8, 4) is 5.75 Å². The van der Waals surface area contributed by atoms with E-state index in [2.05, 4.69) is 83.1 Å². The first-order valence-electron chi connectivity index (χ1n) is 6.37. The highest BCUT2D eigenvalue weighted by atomic mass is 79.9. The summed E-state index contributed by atoms with van der Waals surface area (Å²) in [6.07, 6.45) is 2.06. The molecule has 0 aromatic heterocycles. The highest BCUT2D eigenvalue weighted by Gasteiger charge is 2.09. The molecule has 0 atom stereocenters. The number of ether oxygens (including phenoxy) is 1. The Morgan fingerprint density at radius 3 is 2.32 bits per heavy atom. The molecule has 4 heteroatoms. The largest absolute Gasteiger partial charge is 0.487 e. The van der Waals surface area contributed by atoms with Gasteiger partial charge in [-0.05, 0) is 69.5 Å². The van der Waals surface area contributed by atoms with Crippen molar-refractivity contribution in [2.75, 3.05) is 6.61 Å². The van der Waals surface area contributed by atoms with E-state index >= 15 is 0 Å². The van der Waals surface area contributed by atoms with Gasteiger partial charge in [0.1, 0.15) is 12.4 Å². The molecule has 0 radical (unpaired) electrons. The fraction of sp³-hybridized carbons (Fsp3) is 0.467. The Morgan fingerprint density at radius 2 is 1.84 bits per heavy atom. The molecule has 19 heavy (non-hydrogen) atoms. The predicted molar refractivity (Wildman–Crippen MR) is 88.7 cm³/mol. The first kappa shape index (κ1) is 16.7. The van der Waals surface area contributed by atoms with Crippen molar-refractivity contribution < 1.29 is 4.74 Å². The van der Waals surface area contributed by atoms with Crippen LogP contribution in [0.3, 0.4) is 0 Å². The van der Waals surface area contributed by atoms with Crippen molar-refractivity contribution in [1.29, 1.82) is 0 Å². The molecule has 0 fully saturated rings. The number of benzene rings is 1. The molecule has 0 saturated carbocycles. The molecule has 0 saturated heterocycles. The van der Waals surface area contributed by atoms with Gasteiger partial charge in [0.05, 0.1) is 8.95 Å². The van der Waals surface area contributed by atoms with Gasteiger partial charge in [-0.2, -0.15) is 0 Å². The third-order valence-corrected chi connectivity index (χ3v) is 3.67. The summed E-state index contributed by atoms with van der Waals surface area (Å²) in [4.78, 5) is 0. The molecule has 1 N–H and O–H groups in total. The predicted octanol–water partition coefficient (Wildman–Crippen LogP) is 5.05.